The van der Waals surface area contributed by atoms with Crippen LogP contribution < -0.4 is 5.32 Å². The lowest BCUT2D eigenvalue weighted by atomic mass is 10.1. The van der Waals surface area contributed by atoms with Crippen LogP contribution in [0.4, 0.5) is 14.5 Å². The minimum atomic E-state index is -0.518. The third-order valence-corrected chi connectivity index (χ3v) is 5.16. The fraction of sp³-hybridized carbons (Fsp3) is 0.273. The number of hydrogen-bond donors (Lipinski definition) is 2. The third-order valence-electron chi connectivity index (χ3n) is 5.16. The molecule has 1 heterocycles. The predicted molar refractivity (Wildman–Crippen MR) is 110 cm³/mol. The van der Waals surface area contributed by atoms with E-state index in [1.807, 2.05) is 19.0 Å². The summed E-state index contributed by atoms with van der Waals surface area (Å²) in [5.41, 5.74) is 1.48. The average molecular weight is 396 g/mol. The van der Waals surface area contributed by atoms with Gasteiger partial charge in [-0.25, -0.2) is 8.78 Å². The normalized spacial score (nSPS) is 15.3. The maximum absolute atomic E-state index is 14.5. The maximum atomic E-state index is 14.5. The molecule has 1 saturated carbocycles. The van der Waals surface area contributed by atoms with Crippen LogP contribution in [-0.4, -0.2) is 41.6 Å². The topological polar surface area (TPSA) is 61.0 Å². The highest BCUT2D eigenvalue weighted by Gasteiger charge is 2.50. The number of anilines is 1. The maximum Gasteiger partial charge on any atom is 0.231 e. The van der Waals surface area contributed by atoms with Crippen LogP contribution >= 0.6 is 0 Å². The number of benzene rings is 2. The van der Waals surface area contributed by atoms with Crippen molar-refractivity contribution in [2.75, 3.05) is 26.0 Å². The summed E-state index contributed by atoms with van der Waals surface area (Å²) in [6.07, 6.45) is 5.06. The number of rotatable bonds is 6. The van der Waals surface area contributed by atoms with Gasteiger partial charge in [-0.3, -0.25) is 9.89 Å². The average Bonchev–Trinajstić information content (AvgIpc) is 3.34. The molecule has 0 radical (unpaired) electrons. The van der Waals surface area contributed by atoms with Gasteiger partial charge >= 0.3 is 0 Å². The monoisotopic (exact) mass is 396 g/mol. The number of nitrogens with one attached hydrogen (secondary N) is 2. The smallest absolute Gasteiger partial charge is 0.231 e. The zero-order chi connectivity index (χ0) is 20.6. The Balaban J connectivity index is 1.60. The van der Waals surface area contributed by atoms with Crippen molar-refractivity contribution in [1.29, 1.82) is 0 Å². The van der Waals surface area contributed by atoms with E-state index in [2.05, 4.69) is 15.5 Å². The molecule has 2 N–H and O–H groups in total. The molecule has 3 aromatic rings. The Hall–Kier alpha value is -3.06. The number of carbonyl (C=O) groups is 1. The van der Waals surface area contributed by atoms with Crippen LogP contribution in [0.2, 0.25) is 0 Å². The Bertz CT molecular complexity index is 1100. The second kappa shape index (κ2) is 7.40. The number of hydrogen-bond acceptors (Lipinski definition) is 3. The Morgan fingerprint density at radius 2 is 2.03 bits per heavy atom. The molecule has 150 valence electrons. The van der Waals surface area contributed by atoms with Crippen LogP contribution in [0, 0.1) is 17.0 Å². The standard InChI is InChI=1S/C22H22F2N4O/c1-28(2)13-22(8-9-22)21(29)25-20-11-16-18(26-27-19(16)12-17(20)24)7-6-14-4-3-5-15(23)10-14/h3-7,10-12H,8-9,13H2,1-2H3,(H,25,29)(H,26,27). The second-order valence-electron chi connectivity index (χ2n) is 7.85. The number of amides is 1. The van der Waals surface area contributed by atoms with E-state index in [0.717, 1.165) is 12.8 Å². The summed E-state index contributed by atoms with van der Waals surface area (Å²) < 4.78 is 27.9. The molecule has 0 saturated heterocycles. The van der Waals surface area contributed by atoms with Crippen molar-refractivity contribution >= 4 is 34.6 Å². The molecule has 0 unspecified atom stereocenters. The molecule has 0 bridgehead atoms. The molecule has 1 amide bonds. The number of nitrogens with zero attached hydrogens (tertiary/aromatic N) is 2. The minimum Gasteiger partial charge on any atom is -0.323 e. The minimum absolute atomic E-state index is 0.134. The highest BCUT2D eigenvalue weighted by Crippen LogP contribution is 2.47. The fourth-order valence-corrected chi connectivity index (χ4v) is 3.53. The van der Waals surface area contributed by atoms with Gasteiger partial charge in [-0.2, -0.15) is 5.10 Å². The van der Waals surface area contributed by atoms with E-state index in [1.165, 1.54) is 18.2 Å². The van der Waals surface area contributed by atoms with E-state index >= 15 is 0 Å². The van der Waals surface area contributed by atoms with Crippen molar-refractivity contribution in [2.45, 2.75) is 12.8 Å². The molecule has 0 aliphatic heterocycles. The van der Waals surface area contributed by atoms with Gasteiger partial charge in [0.2, 0.25) is 5.91 Å². The Morgan fingerprint density at radius 1 is 1.24 bits per heavy atom. The van der Waals surface area contributed by atoms with Crippen molar-refractivity contribution in [3.63, 3.8) is 0 Å². The van der Waals surface area contributed by atoms with Gasteiger partial charge in [0.1, 0.15) is 11.6 Å². The van der Waals surface area contributed by atoms with Gasteiger partial charge in [0, 0.05) is 18.0 Å². The molecule has 1 aliphatic carbocycles. The van der Waals surface area contributed by atoms with Gasteiger partial charge in [0.25, 0.3) is 0 Å². The molecule has 1 aliphatic rings. The van der Waals surface area contributed by atoms with E-state index in [1.54, 1.807) is 30.4 Å². The fourth-order valence-electron chi connectivity index (χ4n) is 3.53. The summed E-state index contributed by atoms with van der Waals surface area (Å²) in [4.78, 5) is 14.7. The number of H-pyrrole nitrogens is 1. The molecule has 1 aromatic heterocycles. The molecular formula is C22H22F2N4O. The molecule has 0 atom stereocenters. The SMILES string of the molecule is CN(C)CC1(C(=O)Nc2cc3c(C=Cc4cccc(F)c4)n[nH]c3cc2F)CC1. The number of carbonyl (C=O) groups excluding carboxylic acids is 1. The summed E-state index contributed by atoms with van der Waals surface area (Å²) in [6.45, 7) is 0.635. The Kier molecular flexibility index (Phi) is 4.92. The number of halogens is 2. The first-order valence-corrected chi connectivity index (χ1v) is 9.44. The van der Waals surface area contributed by atoms with Crippen LogP contribution in [0.1, 0.15) is 24.1 Å². The number of fused-ring (bicyclic) bond motifs is 1. The van der Waals surface area contributed by atoms with Crippen LogP contribution in [0.25, 0.3) is 23.1 Å². The Labute approximate surface area is 167 Å². The summed E-state index contributed by atoms with van der Waals surface area (Å²) in [7, 11) is 3.84. The van der Waals surface area contributed by atoms with Gasteiger partial charge < -0.3 is 10.2 Å². The van der Waals surface area contributed by atoms with Gasteiger partial charge in [-0.05, 0) is 56.8 Å². The van der Waals surface area contributed by atoms with Crippen molar-refractivity contribution in [3.8, 4) is 0 Å². The predicted octanol–water partition coefficient (Wildman–Crippen LogP) is 4.29. The Morgan fingerprint density at radius 3 is 2.72 bits per heavy atom. The largest absolute Gasteiger partial charge is 0.323 e. The van der Waals surface area contributed by atoms with Crippen LogP contribution in [0.5, 0.6) is 0 Å². The molecule has 29 heavy (non-hydrogen) atoms. The van der Waals surface area contributed by atoms with Crippen molar-refractivity contribution in [3.05, 3.63) is 59.3 Å². The molecule has 4 rings (SSSR count). The van der Waals surface area contributed by atoms with Crippen LogP contribution in [0.15, 0.2) is 36.4 Å². The highest BCUT2D eigenvalue weighted by atomic mass is 19.1. The molecule has 0 spiro atoms. The number of aromatic amines is 1. The first-order valence-electron chi connectivity index (χ1n) is 9.44. The first kappa shape index (κ1) is 19.3. The highest BCUT2D eigenvalue weighted by molar-refractivity contribution is 6.00. The lowest BCUT2D eigenvalue weighted by molar-refractivity contribution is -0.121. The molecular weight excluding hydrogens is 374 g/mol. The second-order valence-corrected chi connectivity index (χ2v) is 7.85. The van der Waals surface area contributed by atoms with Gasteiger partial charge in [-0.15, -0.1) is 0 Å². The molecule has 5 nitrogen and oxygen atoms in total. The summed E-state index contributed by atoms with van der Waals surface area (Å²) in [6, 6.07) is 9.10. The summed E-state index contributed by atoms with van der Waals surface area (Å²) in [5, 5.41) is 10.4. The van der Waals surface area contributed by atoms with Crippen molar-refractivity contribution in [2.24, 2.45) is 5.41 Å². The van der Waals surface area contributed by atoms with Gasteiger partial charge in [0.15, 0.2) is 0 Å². The summed E-state index contributed by atoms with van der Waals surface area (Å²) >= 11 is 0. The summed E-state index contributed by atoms with van der Waals surface area (Å²) in [5.74, 6) is -1.00. The lowest BCUT2D eigenvalue weighted by Crippen LogP contribution is -2.33. The molecule has 7 heteroatoms. The zero-order valence-electron chi connectivity index (χ0n) is 16.3. The van der Waals surface area contributed by atoms with Crippen LogP contribution in [-0.2, 0) is 4.79 Å². The number of aromatic nitrogens is 2. The third kappa shape index (κ3) is 4.05. The molecule has 2 aromatic carbocycles. The van der Waals surface area contributed by atoms with E-state index in [-0.39, 0.29) is 17.4 Å². The van der Waals surface area contributed by atoms with E-state index in [9.17, 15) is 13.6 Å². The van der Waals surface area contributed by atoms with Gasteiger partial charge in [0.05, 0.1) is 22.3 Å². The molecule has 1 fully saturated rings. The van der Waals surface area contributed by atoms with E-state index in [0.29, 0.717) is 28.7 Å². The zero-order valence-corrected chi connectivity index (χ0v) is 16.3. The van der Waals surface area contributed by atoms with Crippen LogP contribution in [0.3, 0.4) is 0 Å². The van der Waals surface area contributed by atoms with Crippen molar-refractivity contribution < 1.29 is 13.6 Å². The van der Waals surface area contributed by atoms with Gasteiger partial charge in [-0.1, -0.05) is 18.2 Å². The first-order chi connectivity index (χ1) is 13.9. The lowest BCUT2D eigenvalue weighted by Gasteiger charge is -2.19. The van der Waals surface area contributed by atoms with E-state index < -0.39 is 11.2 Å². The quantitative estimate of drug-likeness (QED) is 0.653. The van der Waals surface area contributed by atoms with E-state index in [4.69, 9.17) is 0 Å². The van der Waals surface area contributed by atoms with Crippen molar-refractivity contribution in [1.82, 2.24) is 15.1 Å².